The van der Waals surface area contributed by atoms with Gasteiger partial charge >= 0.3 is 0 Å². The Hall–Kier alpha value is -3.25. The van der Waals surface area contributed by atoms with Crippen LogP contribution < -0.4 is 10.5 Å². The number of hydrogen-bond donors (Lipinski definition) is 1. The van der Waals surface area contributed by atoms with Gasteiger partial charge in [-0.05, 0) is 47.7 Å². The van der Waals surface area contributed by atoms with Crippen LogP contribution in [0, 0.1) is 0 Å². The van der Waals surface area contributed by atoms with Gasteiger partial charge in [0.05, 0.1) is 18.7 Å². The van der Waals surface area contributed by atoms with Crippen LogP contribution in [-0.2, 0) is 12.1 Å². The summed E-state index contributed by atoms with van der Waals surface area (Å²) in [7, 11) is 0. The fraction of sp³-hybridized carbons (Fsp3) is 0.320. The first-order valence-corrected chi connectivity index (χ1v) is 10.8. The van der Waals surface area contributed by atoms with Crippen LogP contribution in [0.25, 0.3) is 11.1 Å². The van der Waals surface area contributed by atoms with Crippen molar-refractivity contribution in [2.24, 2.45) is 5.73 Å². The van der Waals surface area contributed by atoms with Gasteiger partial charge in [-0.25, -0.2) is 9.97 Å². The van der Waals surface area contributed by atoms with Crippen LogP contribution in [0.15, 0.2) is 60.9 Å². The number of ether oxygens (including phenoxy) is 1. The highest BCUT2D eigenvalue weighted by atomic mass is 16.5. The summed E-state index contributed by atoms with van der Waals surface area (Å²) in [6, 6.07) is 16.0. The van der Waals surface area contributed by atoms with Crippen LogP contribution in [0.1, 0.15) is 47.4 Å². The van der Waals surface area contributed by atoms with Crippen molar-refractivity contribution in [1.82, 2.24) is 14.9 Å². The molecule has 158 valence electrons. The molecule has 6 heteroatoms. The zero-order valence-corrected chi connectivity index (χ0v) is 17.5. The third-order valence-corrected chi connectivity index (χ3v) is 6.36. The molecule has 1 aromatic heterocycles. The van der Waals surface area contributed by atoms with Crippen molar-refractivity contribution in [3.63, 3.8) is 0 Å². The van der Waals surface area contributed by atoms with Gasteiger partial charge in [-0.1, -0.05) is 43.2 Å². The van der Waals surface area contributed by atoms with Crippen molar-refractivity contribution in [3.05, 3.63) is 77.9 Å². The van der Waals surface area contributed by atoms with E-state index in [-0.39, 0.29) is 11.4 Å². The van der Waals surface area contributed by atoms with E-state index in [4.69, 9.17) is 10.5 Å². The lowest BCUT2D eigenvalue weighted by molar-refractivity contribution is 0.0738. The maximum atomic E-state index is 13.3. The Morgan fingerprint density at radius 3 is 2.45 bits per heavy atom. The van der Waals surface area contributed by atoms with Crippen molar-refractivity contribution in [2.45, 2.75) is 37.8 Å². The Labute approximate surface area is 182 Å². The maximum Gasteiger partial charge on any atom is 0.258 e. The van der Waals surface area contributed by atoms with Gasteiger partial charge in [0.25, 0.3) is 5.91 Å². The SMILES string of the molecule is NC1(c2ccc(-c3ccc4c(c3)C(=O)N(Cc3ncccn3)CCO4)cc2)CCCC1. The summed E-state index contributed by atoms with van der Waals surface area (Å²) in [4.78, 5) is 23.5. The summed E-state index contributed by atoms with van der Waals surface area (Å²) < 4.78 is 5.86. The van der Waals surface area contributed by atoms with E-state index in [0.717, 1.165) is 24.0 Å². The molecule has 3 aromatic rings. The number of nitrogens with two attached hydrogens (primary N) is 1. The van der Waals surface area contributed by atoms with E-state index >= 15 is 0 Å². The average Bonchev–Trinajstić information content (AvgIpc) is 3.20. The predicted octanol–water partition coefficient (Wildman–Crippen LogP) is 3.91. The summed E-state index contributed by atoms with van der Waals surface area (Å²) in [5, 5.41) is 0. The van der Waals surface area contributed by atoms with Gasteiger partial charge in [-0.15, -0.1) is 0 Å². The lowest BCUT2D eigenvalue weighted by Gasteiger charge is -2.24. The van der Waals surface area contributed by atoms with Crippen molar-refractivity contribution in [3.8, 4) is 16.9 Å². The van der Waals surface area contributed by atoms with Gasteiger partial charge in [0, 0.05) is 17.9 Å². The van der Waals surface area contributed by atoms with E-state index in [1.807, 2.05) is 18.2 Å². The molecule has 31 heavy (non-hydrogen) atoms. The van der Waals surface area contributed by atoms with E-state index in [1.54, 1.807) is 23.4 Å². The second-order valence-corrected chi connectivity index (χ2v) is 8.39. The summed E-state index contributed by atoms with van der Waals surface area (Å²) >= 11 is 0. The number of fused-ring (bicyclic) bond motifs is 1. The molecule has 2 heterocycles. The predicted molar refractivity (Wildman–Crippen MR) is 118 cm³/mol. The molecule has 0 bridgehead atoms. The molecular formula is C25H26N4O2. The summed E-state index contributed by atoms with van der Waals surface area (Å²) in [5.41, 5.74) is 10.2. The average molecular weight is 415 g/mol. The lowest BCUT2D eigenvalue weighted by Crippen LogP contribution is -2.32. The molecule has 1 amide bonds. The second-order valence-electron chi connectivity index (χ2n) is 8.39. The zero-order chi connectivity index (χ0) is 21.3. The Bertz CT molecular complexity index is 1080. The first-order chi connectivity index (χ1) is 15.1. The molecule has 0 radical (unpaired) electrons. The molecular weight excluding hydrogens is 388 g/mol. The maximum absolute atomic E-state index is 13.3. The number of carbonyl (C=O) groups excluding carboxylic acids is 1. The van der Waals surface area contributed by atoms with Gasteiger partial charge in [-0.3, -0.25) is 4.79 Å². The van der Waals surface area contributed by atoms with Crippen LogP contribution >= 0.6 is 0 Å². The smallest absolute Gasteiger partial charge is 0.258 e. The highest BCUT2D eigenvalue weighted by molar-refractivity contribution is 5.98. The number of amides is 1. The molecule has 5 rings (SSSR count). The van der Waals surface area contributed by atoms with Gasteiger partial charge in [0.15, 0.2) is 0 Å². The fourth-order valence-corrected chi connectivity index (χ4v) is 4.56. The van der Waals surface area contributed by atoms with Gasteiger partial charge in [-0.2, -0.15) is 0 Å². The highest BCUT2D eigenvalue weighted by Gasteiger charge is 2.31. The molecule has 0 unspecified atom stereocenters. The summed E-state index contributed by atoms with van der Waals surface area (Å²) in [6.45, 7) is 1.30. The molecule has 0 atom stereocenters. The molecule has 1 aliphatic carbocycles. The minimum Gasteiger partial charge on any atom is -0.491 e. The molecule has 6 nitrogen and oxygen atoms in total. The van der Waals surface area contributed by atoms with Gasteiger partial charge < -0.3 is 15.4 Å². The fourth-order valence-electron chi connectivity index (χ4n) is 4.56. The Balaban J connectivity index is 1.42. The number of aromatic nitrogens is 2. The van der Waals surface area contributed by atoms with E-state index in [2.05, 4.69) is 34.2 Å². The van der Waals surface area contributed by atoms with E-state index < -0.39 is 0 Å². The second kappa shape index (κ2) is 8.12. The minimum atomic E-state index is -0.198. The van der Waals surface area contributed by atoms with Crippen molar-refractivity contribution in [2.75, 3.05) is 13.2 Å². The monoisotopic (exact) mass is 414 g/mol. The molecule has 1 saturated carbocycles. The molecule has 2 aromatic carbocycles. The molecule has 1 aliphatic heterocycles. The van der Waals surface area contributed by atoms with E-state index in [1.165, 1.54) is 18.4 Å². The number of carbonyl (C=O) groups is 1. The lowest BCUT2D eigenvalue weighted by atomic mass is 9.88. The quantitative estimate of drug-likeness (QED) is 0.700. The van der Waals surface area contributed by atoms with Crippen molar-refractivity contribution >= 4 is 5.91 Å². The molecule has 1 fully saturated rings. The van der Waals surface area contributed by atoms with Gasteiger partial charge in [0.2, 0.25) is 0 Å². The Kier molecular flexibility index (Phi) is 5.16. The first-order valence-electron chi connectivity index (χ1n) is 10.8. The number of nitrogens with zero attached hydrogens (tertiary/aromatic N) is 3. The standard InChI is InChI=1S/C25H26N4O2/c26-25(10-1-2-11-25)20-7-4-18(5-8-20)19-6-9-22-21(16-19)24(30)29(14-15-31-22)17-23-27-12-3-13-28-23/h3-9,12-13,16H,1-2,10-11,14-15,17,26H2. The first kappa shape index (κ1) is 19.7. The van der Waals surface area contributed by atoms with Crippen molar-refractivity contribution in [1.29, 1.82) is 0 Å². The number of benzene rings is 2. The number of hydrogen-bond acceptors (Lipinski definition) is 5. The zero-order valence-electron chi connectivity index (χ0n) is 17.5. The topological polar surface area (TPSA) is 81.3 Å². The Morgan fingerprint density at radius 2 is 1.71 bits per heavy atom. The summed E-state index contributed by atoms with van der Waals surface area (Å²) in [5.74, 6) is 1.17. The highest BCUT2D eigenvalue weighted by Crippen LogP contribution is 2.37. The summed E-state index contributed by atoms with van der Waals surface area (Å²) in [6.07, 6.45) is 7.84. The minimum absolute atomic E-state index is 0.0645. The van der Waals surface area contributed by atoms with Gasteiger partial charge in [0.1, 0.15) is 18.2 Å². The Morgan fingerprint density at radius 1 is 1.00 bits per heavy atom. The third kappa shape index (κ3) is 3.91. The largest absolute Gasteiger partial charge is 0.491 e. The van der Waals surface area contributed by atoms with Crippen LogP contribution in [-0.4, -0.2) is 33.9 Å². The van der Waals surface area contributed by atoms with Crippen LogP contribution in [0.4, 0.5) is 0 Å². The van der Waals surface area contributed by atoms with Crippen LogP contribution in [0.3, 0.4) is 0 Å². The third-order valence-electron chi connectivity index (χ3n) is 6.36. The van der Waals surface area contributed by atoms with E-state index in [9.17, 15) is 4.79 Å². The number of rotatable bonds is 4. The normalized spacial score (nSPS) is 17.7. The molecule has 0 saturated heterocycles. The van der Waals surface area contributed by atoms with Crippen LogP contribution in [0.5, 0.6) is 5.75 Å². The molecule has 2 N–H and O–H groups in total. The van der Waals surface area contributed by atoms with Crippen LogP contribution in [0.2, 0.25) is 0 Å². The molecule has 0 spiro atoms. The van der Waals surface area contributed by atoms with E-state index in [0.29, 0.717) is 36.8 Å². The van der Waals surface area contributed by atoms with Crippen molar-refractivity contribution < 1.29 is 9.53 Å². The molecule has 2 aliphatic rings.